The van der Waals surface area contributed by atoms with Crippen molar-refractivity contribution in [2.45, 2.75) is 19.3 Å². The fourth-order valence-corrected chi connectivity index (χ4v) is 10.9. The molecule has 1 aliphatic rings. The van der Waals surface area contributed by atoms with Gasteiger partial charge in [0.05, 0.1) is 11.0 Å². The molecule has 0 amide bonds. The van der Waals surface area contributed by atoms with E-state index in [2.05, 4.69) is 242 Å². The van der Waals surface area contributed by atoms with Gasteiger partial charge in [-0.05, 0) is 126 Å². The van der Waals surface area contributed by atoms with E-state index in [1.165, 1.54) is 98.3 Å². The van der Waals surface area contributed by atoms with Crippen LogP contribution < -0.4 is 4.90 Å². The molecule has 0 aliphatic heterocycles. The topological polar surface area (TPSA) is 8.17 Å². The number of fused-ring (bicyclic) bond motifs is 14. The molecule has 296 valence electrons. The second-order valence-corrected chi connectivity index (χ2v) is 17.7. The highest BCUT2D eigenvalue weighted by molar-refractivity contribution is 6.36. The minimum Gasteiger partial charge on any atom is -0.310 e. The first-order chi connectivity index (χ1) is 31.0. The summed E-state index contributed by atoms with van der Waals surface area (Å²) in [4.78, 5) is 2.42. The van der Waals surface area contributed by atoms with Crippen LogP contribution in [0, 0.1) is 0 Å². The zero-order valence-electron chi connectivity index (χ0n) is 35.2. The highest BCUT2D eigenvalue weighted by Gasteiger charge is 2.35. The van der Waals surface area contributed by atoms with Crippen molar-refractivity contribution in [1.82, 2.24) is 4.57 Å². The van der Waals surface area contributed by atoms with Crippen molar-refractivity contribution in [1.29, 1.82) is 0 Å². The molecule has 2 heteroatoms. The third-order valence-electron chi connectivity index (χ3n) is 13.9. The predicted octanol–water partition coefficient (Wildman–Crippen LogP) is 16.8. The second kappa shape index (κ2) is 13.5. The van der Waals surface area contributed by atoms with Crippen molar-refractivity contribution in [2.75, 3.05) is 4.90 Å². The van der Waals surface area contributed by atoms with Gasteiger partial charge >= 0.3 is 0 Å². The number of para-hydroxylation sites is 1. The summed E-state index contributed by atoms with van der Waals surface area (Å²) in [5.41, 5.74) is 14.6. The molecule has 1 aromatic heterocycles. The lowest BCUT2D eigenvalue weighted by atomic mass is 9.82. The van der Waals surface area contributed by atoms with E-state index < -0.39 is 0 Å². The van der Waals surface area contributed by atoms with E-state index in [4.69, 9.17) is 0 Å². The molecule has 11 aromatic carbocycles. The van der Waals surface area contributed by atoms with E-state index in [1.807, 2.05) is 0 Å². The van der Waals surface area contributed by atoms with Gasteiger partial charge in [-0.2, -0.15) is 0 Å². The summed E-state index contributed by atoms with van der Waals surface area (Å²) in [7, 11) is 0. The third kappa shape index (κ3) is 5.31. The molecule has 1 heterocycles. The first-order valence-electron chi connectivity index (χ1n) is 22.0. The maximum atomic E-state index is 2.50. The quantitative estimate of drug-likeness (QED) is 0.157. The van der Waals surface area contributed by atoms with E-state index >= 15 is 0 Å². The molecular formula is C61H42N2. The van der Waals surface area contributed by atoms with Crippen LogP contribution in [-0.4, -0.2) is 4.57 Å². The SMILES string of the molecule is CC1(C)c2ccccc2-c2ccc(N(c3ccc(-c4ccc5ccccc5c4)cc3)c3ccc(-n4c5ccccc5c5c6c7ccccc7ccc6c6ccccc6c54)cc3)cc21. The number of hydrogen-bond donors (Lipinski definition) is 0. The number of rotatable bonds is 5. The molecule has 1 aliphatic carbocycles. The van der Waals surface area contributed by atoms with Crippen molar-refractivity contribution < 1.29 is 0 Å². The van der Waals surface area contributed by atoms with Crippen molar-refractivity contribution in [3.63, 3.8) is 0 Å². The Morgan fingerprint density at radius 1 is 0.365 bits per heavy atom. The maximum Gasteiger partial charge on any atom is 0.0626 e. The zero-order chi connectivity index (χ0) is 41.8. The summed E-state index contributed by atoms with van der Waals surface area (Å²) in [5, 5.41) is 12.7. The molecule has 0 saturated heterocycles. The Morgan fingerprint density at radius 3 is 1.76 bits per heavy atom. The maximum absolute atomic E-state index is 2.50. The van der Waals surface area contributed by atoms with Gasteiger partial charge in [-0.25, -0.2) is 0 Å². The lowest BCUT2D eigenvalue weighted by molar-refractivity contribution is 0.660. The van der Waals surface area contributed by atoms with Crippen LogP contribution in [0.1, 0.15) is 25.0 Å². The molecule has 0 saturated carbocycles. The van der Waals surface area contributed by atoms with E-state index in [-0.39, 0.29) is 5.41 Å². The van der Waals surface area contributed by atoms with Gasteiger partial charge in [-0.3, -0.25) is 0 Å². The molecule has 12 aromatic rings. The summed E-state index contributed by atoms with van der Waals surface area (Å²) >= 11 is 0. The Balaban J connectivity index is 0.999. The minimum atomic E-state index is -0.119. The third-order valence-corrected chi connectivity index (χ3v) is 13.9. The average Bonchev–Trinajstić information content (AvgIpc) is 3.80. The van der Waals surface area contributed by atoms with Gasteiger partial charge in [0.25, 0.3) is 0 Å². The van der Waals surface area contributed by atoms with Crippen molar-refractivity contribution >= 4 is 82.0 Å². The molecular weight excluding hydrogens is 761 g/mol. The van der Waals surface area contributed by atoms with E-state index in [0.717, 1.165) is 22.7 Å². The van der Waals surface area contributed by atoms with Crippen LogP contribution in [0.3, 0.4) is 0 Å². The Morgan fingerprint density at radius 2 is 0.952 bits per heavy atom. The Labute approximate surface area is 366 Å². The Hall–Kier alpha value is -7.94. The molecule has 0 spiro atoms. The Bertz CT molecular complexity index is 3810. The van der Waals surface area contributed by atoms with Gasteiger partial charge in [0, 0.05) is 49.7 Å². The smallest absolute Gasteiger partial charge is 0.0626 e. The van der Waals surface area contributed by atoms with Gasteiger partial charge < -0.3 is 9.47 Å². The van der Waals surface area contributed by atoms with Crippen LogP contribution in [0.25, 0.3) is 92.8 Å². The van der Waals surface area contributed by atoms with Crippen molar-refractivity contribution in [3.8, 4) is 27.9 Å². The normalized spacial score (nSPS) is 13.0. The van der Waals surface area contributed by atoms with Gasteiger partial charge in [0.2, 0.25) is 0 Å². The number of benzene rings is 11. The summed E-state index contributed by atoms with van der Waals surface area (Å²) in [5.74, 6) is 0. The van der Waals surface area contributed by atoms with Gasteiger partial charge in [0.1, 0.15) is 0 Å². The molecule has 63 heavy (non-hydrogen) atoms. The summed E-state index contributed by atoms with van der Waals surface area (Å²) in [6, 6.07) is 80.9. The summed E-state index contributed by atoms with van der Waals surface area (Å²) < 4.78 is 2.50. The highest BCUT2D eigenvalue weighted by Crippen LogP contribution is 2.51. The molecule has 2 nitrogen and oxygen atoms in total. The molecule has 13 rings (SSSR count). The molecule has 0 radical (unpaired) electrons. The summed E-state index contributed by atoms with van der Waals surface area (Å²) in [6.45, 7) is 4.72. The zero-order valence-corrected chi connectivity index (χ0v) is 35.2. The predicted molar refractivity (Wildman–Crippen MR) is 268 cm³/mol. The van der Waals surface area contributed by atoms with Crippen LogP contribution in [0.15, 0.2) is 218 Å². The second-order valence-electron chi connectivity index (χ2n) is 17.7. The number of anilines is 3. The van der Waals surface area contributed by atoms with Crippen LogP contribution in [0.4, 0.5) is 17.1 Å². The fourth-order valence-electron chi connectivity index (χ4n) is 10.9. The van der Waals surface area contributed by atoms with E-state index in [1.54, 1.807) is 0 Å². The molecule has 0 unspecified atom stereocenters. The lowest BCUT2D eigenvalue weighted by Gasteiger charge is -2.28. The van der Waals surface area contributed by atoms with Gasteiger partial charge in [0.15, 0.2) is 0 Å². The first-order valence-corrected chi connectivity index (χ1v) is 22.0. The first kappa shape index (κ1) is 35.8. The van der Waals surface area contributed by atoms with Crippen LogP contribution in [0.5, 0.6) is 0 Å². The van der Waals surface area contributed by atoms with Crippen LogP contribution >= 0.6 is 0 Å². The van der Waals surface area contributed by atoms with Crippen molar-refractivity contribution in [2.24, 2.45) is 0 Å². The average molecular weight is 803 g/mol. The number of aromatic nitrogens is 1. The largest absolute Gasteiger partial charge is 0.310 e. The standard InChI is InChI=1S/C61H42N2/c1-61(2)55-21-11-9-18-50(55)51-36-34-47(38-56(51)61)62(44-28-25-40(26-29-44)43-24-23-39-13-3-4-15-42(39)37-43)45-30-32-46(33-31-45)63-57-22-12-10-20-54(57)59-58-48-16-6-5-14-41(48)27-35-52(58)49-17-7-8-19-53(49)60(59)63/h3-38H,1-2H3. The van der Waals surface area contributed by atoms with Crippen molar-refractivity contribution in [3.05, 3.63) is 230 Å². The fraction of sp³-hybridized carbons (Fsp3) is 0.0492. The Kier molecular flexibility index (Phi) is 7.68. The highest BCUT2D eigenvalue weighted by atomic mass is 15.1. The van der Waals surface area contributed by atoms with E-state index in [9.17, 15) is 0 Å². The monoisotopic (exact) mass is 802 g/mol. The molecule has 0 bridgehead atoms. The molecule has 0 atom stereocenters. The van der Waals surface area contributed by atoms with Gasteiger partial charge in [-0.1, -0.05) is 172 Å². The van der Waals surface area contributed by atoms with E-state index in [0.29, 0.717) is 0 Å². The lowest BCUT2D eigenvalue weighted by Crippen LogP contribution is -2.16. The molecule has 0 N–H and O–H groups in total. The summed E-state index contributed by atoms with van der Waals surface area (Å²) in [6.07, 6.45) is 0. The number of nitrogens with zero attached hydrogens (tertiary/aromatic N) is 2. The van der Waals surface area contributed by atoms with Gasteiger partial charge in [-0.15, -0.1) is 0 Å². The molecule has 0 fully saturated rings. The van der Waals surface area contributed by atoms with Crippen LogP contribution in [-0.2, 0) is 5.41 Å². The van der Waals surface area contributed by atoms with Crippen LogP contribution in [0.2, 0.25) is 0 Å². The minimum absolute atomic E-state index is 0.119. The number of hydrogen-bond acceptors (Lipinski definition) is 1.